The maximum absolute atomic E-state index is 12.5. The molecule has 2 rings (SSSR count). The number of ether oxygens (including phenoxy) is 2. The fraction of sp³-hybridized carbons (Fsp3) is 0.500. The van der Waals surface area contributed by atoms with E-state index in [-0.39, 0.29) is 12.3 Å². The van der Waals surface area contributed by atoms with Crippen LogP contribution in [0.3, 0.4) is 0 Å². The molecule has 1 aliphatic heterocycles. The second-order valence-electron chi connectivity index (χ2n) is 7.41. The van der Waals surface area contributed by atoms with Gasteiger partial charge in [0.05, 0.1) is 23.3 Å². The number of nitrogens with one attached hydrogen (secondary N) is 1. The van der Waals surface area contributed by atoms with Crippen molar-refractivity contribution in [2.75, 3.05) is 31.8 Å². The van der Waals surface area contributed by atoms with Gasteiger partial charge in [-0.25, -0.2) is 4.79 Å². The van der Waals surface area contributed by atoms with Gasteiger partial charge in [-0.2, -0.15) is 0 Å². The molecule has 1 saturated heterocycles. The summed E-state index contributed by atoms with van der Waals surface area (Å²) in [6.45, 7) is 6.30. The van der Waals surface area contributed by atoms with Crippen LogP contribution >= 0.6 is 11.8 Å². The summed E-state index contributed by atoms with van der Waals surface area (Å²) in [4.78, 5) is 26.0. The summed E-state index contributed by atoms with van der Waals surface area (Å²) in [5.41, 5.74) is 1.18. The van der Waals surface area contributed by atoms with Crippen LogP contribution in [0.1, 0.15) is 37.6 Å². The molecule has 1 fully saturated rings. The highest BCUT2D eigenvalue weighted by molar-refractivity contribution is 8.02. The number of ketones is 1. The smallest absolute Gasteiger partial charge is 0.337 e. The molecule has 1 atom stereocenters. The molecular formula is C20H28N2O5S. The largest absolute Gasteiger partial charge is 0.465 e. The van der Waals surface area contributed by atoms with Crippen LogP contribution in [0.5, 0.6) is 0 Å². The molecular weight excluding hydrogens is 380 g/mol. The Kier molecular flexibility index (Phi) is 7.65. The Bertz CT molecular complexity index is 757. The third-order valence-corrected chi connectivity index (χ3v) is 4.87. The number of Topliss-reactive ketones (excluding diaryl/α,β-unsaturated/α-hetero) is 1. The van der Waals surface area contributed by atoms with E-state index in [4.69, 9.17) is 9.47 Å². The van der Waals surface area contributed by atoms with E-state index in [2.05, 4.69) is 5.32 Å². The number of piperidine rings is 1. The van der Waals surface area contributed by atoms with Crippen LogP contribution in [0, 0.1) is 0 Å². The lowest BCUT2D eigenvalue weighted by Crippen LogP contribution is -2.47. The normalized spacial score (nSPS) is 18.6. The average molecular weight is 409 g/mol. The SMILES string of the molecule is COC(=O)c1cccc(N/C(SC)=C2\CN(C(O)OC(C)(C)C)CCC2=O)c1. The Morgan fingerprint density at radius 3 is 2.68 bits per heavy atom. The number of nitrogens with zero attached hydrogens (tertiary/aromatic N) is 1. The van der Waals surface area contributed by atoms with E-state index < -0.39 is 18.0 Å². The number of aliphatic hydroxyl groups is 1. The van der Waals surface area contributed by atoms with Crippen LogP contribution in [0.2, 0.25) is 0 Å². The topological polar surface area (TPSA) is 88.1 Å². The second-order valence-corrected chi connectivity index (χ2v) is 8.23. The van der Waals surface area contributed by atoms with Gasteiger partial charge in [0.2, 0.25) is 6.41 Å². The Labute approximate surface area is 170 Å². The minimum absolute atomic E-state index is 0.0279. The molecule has 0 saturated carbocycles. The van der Waals surface area contributed by atoms with Crippen molar-refractivity contribution < 1.29 is 24.2 Å². The fourth-order valence-electron chi connectivity index (χ4n) is 2.77. The maximum Gasteiger partial charge on any atom is 0.337 e. The van der Waals surface area contributed by atoms with E-state index in [1.165, 1.54) is 18.9 Å². The standard InChI is InChI=1S/C20H28N2O5S/c1-20(2,3)27-19(25)22-10-9-16(23)15(12-22)17(28-5)21-14-8-6-7-13(11-14)18(24)26-4/h6-8,11,19,21,25H,9-10,12H2,1-5H3/b17-15-. The molecule has 2 N–H and O–H groups in total. The Morgan fingerprint density at radius 1 is 1.36 bits per heavy atom. The molecule has 0 amide bonds. The number of rotatable bonds is 6. The van der Waals surface area contributed by atoms with Crippen molar-refractivity contribution in [2.45, 2.75) is 39.2 Å². The van der Waals surface area contributed by atoms with E-state index in [9.17, 15) is 14.7 Å². The fourth-order valence-corrected chi connectivity index (χ4v) is 3.41. The first-order chi connectivity index (χ1) is 13.1. The van der Waals surface area contributed by atoms with E-state index >= 15 is 0 Å². The van der Waals surface area contributed by atoms with Crippen LogP contribution in [-0.2, 0) is 14.3 Å². The summed E-state index contributed by atoms with van der Waals surface area (Å²) in [5, 5.41) is 14.3. The van der Waals surface area contributed by atoms with Crippen molar-refractivity contribution in [1.82, 2.24) is 4.90 Å². The van der Waals surface area contributed by atoms with Gasteiger partial charge in [-0.3, -0.25) is 9.69 Å². The molecule has 0 bridgehead atoms. The molecule has 0 radical (unpaired) electrons. The molecule has 1 aromatic carbocycles. The van der Waals surface area contributed by atoms with Crippen LogP contribution in [0.15, 0.2) is 34.9 Å². The third kappa shape index (κ3) is 6.07. The number of carbonyl (C=O) groups is 2. The molecule has 1 aliphatic rings. The number of thioether (sulfide) groups is 1. The predicted molar refractivity (Wildman–Crippen MR) is 110 cm³/mol. The molecule has 154 valence electrons. The number of anilines is 1. The number of benzene rings is 1. The molecule has 8 heteroatoms. The Balaban J connectivity index is 2.23. The van der Waals surface area contributed by atoms with Crippen LogP contribution < -0.4 is 5.32 Å². The van der Waals surface area contributed by atoms with Gasteiger partial charge in [-0.05, 0) is 45.2 Å². The monoisotopic (exact) mass is 408 g/mol. The van der Waals surface area contributed by atoms with Crippen molar-refractivity contribution in [2.24, 2.45) is 0 Å². The van der Waals surface area contributed by atoms with Gasteiger partial charge in [0.15, 0.2) is 5.78 Å². The second kappa shape index (κ2) is 9.56. The average Bonchev–Trinajstić information content (AvgIpc) is 2.64. The molecule has 1 heterocycles. The summed E-state index contributed by atoms with van der Waals surface area (Å²) in [5.74, 6) is -0.399. The molecule has 0 aliphatic carbocycles. The summed E-state index contributed by atoms with van der Waals surface area (Å²) >= 11 is 1.40. The van der Waals surface area contributed by atoms with Gasteiger partial charge in [0.1, 0.15) is 0 Å². The highest BCUT2D eigenvalue weighted by atomic mass is 32.2. The summed E-state index contributed by atoms with van der Waals surface area (Å²) in [6, 6.07) is 6.89. The quantitative estimate of drug-likeness (QED) is 0.422. The van der Waals surface area contributed by atoms with Gasteiger partial charge in [0, 0.05) is 30.8 Å². The summed E-state index contributed by atoms with van der Waals surface area (Å²) in [7, 11) is 1.33. The minimum Gasteiger partial charge on any atom is -0.465 e. The zero-order valence-corrected chi connectivity index (χ0v) is 17.8. The zero-order valence-electron chi connectivity index (χ0n) is 16.9. The summed E-state index contributed by atoms with van der Waals surface area (Å²) in [6.07, 6.45) is 1.08. The number of esters is 1. The highest BCUT2D eigenvalue weighted by Crippen LogP contribution is 2.27. The van der Waals surface area contributed by atoms with Crippen molar-refractivity contribution in [3.05, 3.63) is 40.4 Å². The first kappa shape index (κ1) is 22.4. The lowest BCUT2D eigenvalue weighted by molar-refractivity contribution is -0.238. The Hall–Kier alpha value is -1.87. The van der Waals surface area contributed by atoms with Crippen molar-refractivity contribution in [1.29, 1.82) is 0 Å². The summed E-state index contributed by atoms with van der Waals surface area (Å²) < 4.78 is 10.4. The van der Waals surface area contributed by atoms with Crippen LogP contribution in [0.4, 0.5) is 5.69 Å². The number of hydrogen-bond acceptors (Lipinski definition) is 8. The number of hydrogen-bond donors (Lipinski definition) is 2. The van der Waals surface area contributed by atoms with E-state index in [1.54, 1.807) is 23.1 Å². The maximum atomic E-state index is 12.5. The van der Waals surface area contributed by atoms with Gasteiger partial charge < -0.3 is 19.9 Å². The number of likely N-dealkylation sites (tertiary alicyclic amines) is 1. The minimum atomic E-state index is -1.09. The molecule has 1 unspecified atom stereocenters. The van der Waals surface area contributed by atoms with E-state index in [0.717, 1.165) is 0 Å². The molecule has 0 spiro atoms. The predicted octanol–water partition coefficient (Wildman–Crippen LogP) is 2.83. The van der Waals surface area contributed by atoms with Crippen molar-refractivity contribution in [3.63, 3.8) is 0 Å². The van der Waals surface area contributed by atoms with Crippen LogP contribution in [-0.4, -0.2) is 60.2 Å². The first-order valence-corrected chi connectivity index (χ1v) is 10.2. The van der Waals surface area contributed by atoms with Crippen molar-refractivity contribution >= 4 is 29.2 Å². The van der Waals surface area contributed by atoms with E-state index in [1.807, 2.05) is 33.1 Å². The first-order valence-electron chi connectivity index (χ1n) is 9.00. The van der Waals surface area contributed by atoms with Gasteiger partial charge in [-0.15, -0.1) is 11.8 Å². The zero-order chi connectivity index (χ0) is 20.9. The highest BCUT2D eigenvalue weighted by Gasteiger charge is 2.30. The number of carbonyl (C=O) groups excluding carboxylic acids is 2. The van der Waals surface area contributed by atoms with Gasteiger partial charge in [0.25, 0.3) is 0 Å². The van der Waals surface area contributed by atoms with E-state index in [0.29, 0.717) is 34.8 Å². The lowest BCUT2D eigenvalue weighted by atomic mass is 10.0. The number of methoxy groups -OCH3 is 1. The lowest BCUT2D eigenvalue weighted by Gasteiger charge is -2.35. The van der Waals surface area contributed by atoms with Gasteiger partial charge >= 0.3 is 5.97 Å². The molecule has 1 aromatic rings. The van der Waals surface area contributed by atoms with Gasteiger partial charge in [-0.1, -0.05) is 6.07 Å². The Morgan fingerprint density at radius 2 is 2.07 bits per heavy atom. The molecule has 7 nitrogen and oxygen atoms in total. The van der Waals surface area contributed by atoms with Crippen molar-refractivity contribution in [3.8, 4) is 0 Å². The van der Waals surface area contributed by atoms with Crippen LogP contribution in [0.25, 0.3) is 0 Å². The molecule has 28 heavy (non-hydrogen) atoms. The number of aliphatic hydroxyl groups excluding tert-OH is 1. The molecule has 0 aromatic heterocycles. The third-order valence-electron chi connectivity index (χ3n) is 4.11.